The fourth-order valence-corrected chi connectivity index (χ4v) is 1.64. The van der Waals surface area contributed by atoms with Crippen molar-refractivity contribution < 1.29 is 4.79 Å². The molecule has 0 radical (unpaired) electrons. The van der Waals surface area contributed by atoms with Crippen LogP contribution in [0.4, 0.5) is 5.82 Å². The van der Waals surface area contributed by atoms with E-state index in [0.717, 1.165) is 5.56 Å². The Kier molecular flexibility index (Phi) is 3.74. The number of anilines is 1. The zero-order valence-corrected chi connectivity index (χ0v) is 10.2. The average molecular weight is 263 g/mol. The van der Waals surface area contributed by atoms with Crippen molar-refractivity contribution in [2.45, 2.75) is 6.54 Å². The lowest BCUT2D eigenvalue weighted by Gasteiger charge is -2.07. The molecule has 0 spiro atoms. The van der Waals surface area contributed by atoms with E-state index in [9.17, 15) is 4.79 Å². The van der Waals surface area contributed by atoms with Gasteiger partial charge in [0.05, 0.1) is 10.6 Å². The number of nitrogens with one attached hydrogen (secondary N) is 1. The van der Waals surface area contributed by atoms with Crippen LogP contribution in [-0.4, -0.2) is 15.9 Å². The Labute approximate surface area is 109 Å². The van der Waals surface area contributed by atoms with Crippen LogP contribution in [0.1, 0.15) is 15.9 Å². The molecule has 0 aliphatic heterocycles. The predicted molar refractivity (Wildman–Crippen MR) is 69.1 cm³/mol. The first-order valence-electron chi connectivity index (χ1n) is 5.25. The van der Waals surface area contributed by atoms with Crippen LogP contribution in [0.5, 0.6) is 0 Å². The van der Waals surface area contributed by atoms with Crippen molar-refractivity contribution in [1.82, 2.24) is 15.3 Å². The van der Waals surface area contributed by atoms with E-state index in [2.05, 4.69) is 15.3 Å². The van der Waals surface area contributed by atoms with Crippen molar-refractivity contribution in [3.05, 3.63) is 52.9 Å². The summed E-state index contributed by atoms with van der Waals surface area (Å²) in [6.45, 7) is 0.303. The van der Waals surface area contributed by atoms with E-state index in [1.807, 2.05) is 0 Å². The Hall–Kier alpha value is -2.14. The second-order valence-electron chi connectivity index (χ2n) is 3.59. The molecule has 0 saturated heterocycles. The van der Waals surface area contributed by atoms with Gasteiger partial charge >= 0.3 is 0 Å². The maximum absolute atomic E-state index is 11.9. The zero-order chi connectivity index (χ0) is 13.0. The van der Waals surface area contributed by atoms with Gasteiger partial charge in [0, 0.05) is 30.7 Å². The molecule has 0 fully saturated rings. The van der Waals surface area contributed by atoms with Crippen LogP contribution in [0.2, 0.25) is 5.02 Å². The molecule has 0 atom stereocenters. The first kappa shape index (κ1) is 12.3. The Morgan fingerprint density at radius 2 is 2.22 bits per heavy atom. The number of amides is 1. The summed E-state index contributed by atoms with van der Waals surface area (Å²) in [5, 5.41) is 3.04. The molecule has 0 aliphatic rings. The van der Waals surface area contributed by atoms with Crippen molar-refractivity contribution in [1.29, 1.82) is 0 Å². The number of nitrogens with two attached hydrogens (primary N) is 1. The molecule has 1 amide bonds. The van der Waals surface area contributed by atoms with E-state index in [1.165, 1.54) is 12.4 Å². The Morgan fingerprint density at radius 1 is 1.39 bits per heavy atom. The quantitative estimate of drug-likeness (QED) is 0.881. The third kappa shape index (κ3) is 2.75. The minimum atomic E-state index is -0.273. The van der Waals surface area contributed by atoms with Gasteiger partial charge in [-0.1, -0.05) is 17.7 Å². The number of nitrogen functional groups attached to an aromatic ring is 1. The maximum atomic E-state index is 11.9. The summed E-state index contributed by atoms with van der Waals surface area (Å²) < 4.78 is 0. The highest BCUT2D eigenvalue weighted by Crippen LogP contribution is 2.13. The number of nitrogens with zero attached hydrogens (tertiary/aromatic N) is 2. The van der Waals surface area contributed by atoms with Crippen LogP contribution in [0.25, 0.3) is 0 Å². The molecule has 0 unspecified atom stereocenters. The number of aromatic nitrogens is 2. The highest BCUT2D eigenvalue weighted by Gasteiger charge is 2.10. The summed E-state index contributed by atoms with van der Waals surface area (Å²) in [4.78, 5) is 19.6. The van der Waals surface area contributed by atoms with Gasteiger partial charge in [-0.15, -0.1) is 0 Å². The fourth-order valence-electron chi connectivity index (χ4n) is 1.43. The predicted octanol–water partition coefficient (Wildman–Crippen LogP) is 1.64. The van der Waals surface area contributed by atoms with Gasteiger partial charge in [-0.05, 0) is 12.1 Å². The van der Waals surface area contributed by atoms with Gasteiger partial charge in [-0.25, -0.2) is 4.98 Å². The molecule has 2 aromatic heterocycles. The summed E-state index contributed by atoms with van der Waals surface area (Å²) in [6, 6.07) is 5.12. The standard InChI is InChI=1S/C12H11ClN4O/c13-10-7-15-5-3-9(10)12(18)17-6-8-2-1-4-16-11(8)14/h1-5,7H,6H2,(H2,14,16)(H,17,18). The average Bonchev–Trinajstić information content (AvgIpc) is 2.38. The lowest BCUT2D eigenvalue weighted by atomic mass is 10.2. The molecular formula is C12H11ClN4O. The summed E-state index contributed by atoms with van der Waals surface area (Å²) in [6.07, 6.45) is 4.54. The largest absolute Gasteiger partial charge is 0.383 e. The molecular weight excluding hydrogens is 252 g/mol. The van der Waals surface area contributed by atoms with Gasteiger partial charge in [0.1, 0.15) is 5.82 Å². The monoisotopic (exact) mass is 262 g/mol. The molecule has 5 nitrogen and oxygen atoms in total. The molecule has 6 heteroatoms. The second kappa shape index (κ2) is 5.46. The van der Waals surface area contributed by atoms with Crippen LogP contribution in [0, 0.1) is 0 Å². The van der Waals surface area contributed by atoms with Crippen molar-refractivity contribution in [2.75, 3.05) is 5.73 Å². The molecule has 0 aromatic carbocycles. The summed E-state index contributed by atoms with van der Waals surface area (Å²) in [5.74, 6) is 0.129. The van der Waals surface area contributed by atoms with Crippen LogP contribution >= 0.6 is 11.6 Å². The van der Waals surface area contributed by atoms with Crippen molar-refractivity contribution in [3.8, 4) is 0 Å². The number of pyridine rings is 2. The van der Waals surface area contributed by atoms with Crippen LogP contribution in [0.3, 0.4) is 0 Å². The second-order valence-corrected chi connectivity index (χ2v) is 3.99. The maximum Gasteiger partial charge on any atom is 0.253 e. The molecule has 0 aliphatic carbocycles. The van der Waals surface area contributed by atoms with Crippen LogP contribution < -0.4 is 11.1 Å². The summed E-state index contributed by atoms with van der Waals surface area (Å²) in [5.41, 5.74) is 6.82. The minimum absolute atomic E-state index is 0.273. The molecule has 18 heavy (non-hydrogen) atoms. The van der Waals surface area contributed by atoms with Gasteiger partial charge in [-0.3, -0.25) is 9.78 Å². The Bertz CT molecular complexity index is 574. The summed E-state index contributed by atoms with van der Waals surface area (Å²) in [7, 11) is 0. The highest BCUT2D eigenvalue weighted by atomic mass is 35.5. The van der Waals surface area contributed by atoms with Gasteiger partial charge in [0.25, 0.3) is 5.91 Å². The number of hydrogen-bond donors (Lipinski definition) is 2. The third-order valence-corrected chi connectivity index (χ3v) is 2.68. The molecule has 0 saturated carbocycles. The van der Waals surface area contributed by atoms with E-state index >= 15 is 0 Å². The Balaban J connectivity index is 2.06. The van der Waals surface area contributed by atoms with Gasteiger partial charge in [0.2, 0.25) is 0 Å². The first-order chi connectivity index (χ1) is 8.68. The van der Waals surface area contributed by atoms with Gasteiger partial charge < -0.3 is 11.1 Å². The van der Waals surface area contributed by atoms with E-state index < -0.39 is 0 Å². The lowest BCUT2D eigenvalue weighted by molar-refractivity contribution is 0.0951. The van der Waals surface area contributed by atoms with E-state index in [4.69, 9.17) is 17.3 Å². The Morgan fingerprint density at radius 3 is 2.94 bits per heavy atom. The van der Waals surface area contributed by atoms with Gasteiger partial charge in [0.15, 0.2) is 0 Å². The van der Waals surface area contributed by atoms with Crippen molar-refractivity contribution in [3.63, 3.8) is 0 Å². The number of carbonyl (C=O) groups excluding carboxylic acids is 1. The van der Waals surface area contributed by atoms with E-state index in [0.29, 0.717) is 22.9 Å². The number of rotatable bonds is 3. The van der Waals surface area contributed by atoms with Crippen molar-refractivity contribution >= 4 is 23.3 Å². The number of halogens is 1. The first-order valence-corrected chi connectivity index (χ1v) is 5.63. The molecule has 2 aromatic rings. The zero-order valence-electron chi connectivity index (χ0n) is 9.43. The SMILES string of the molecule is Nc1ncccc1CNC(=O)c1ccncc1Cl. The van der Waals surface area contributed by atoms with Crippen LogP contribution in [-0.2, 0) is 6.54 Å². The van der Waals surface area contributed by atoms with Crippen LogP contribution in [0.15, 0.2) is 36.8 Å². The van der Waals surface area contributed by atoms with Crippen molar-refractivity contribution in [2.24, 2.45) is 0 Å². The molecule has 0 bridgehead atoms. The van der Waals surface area contributed by atoms with E-state index in [1.54, 1.807) is 24.4 Å². The fraction of sp³-hybridized carbons (Fsp3) is 0.0833. The highest BCUT2D eigenvalue weighted by molar-refractivity contribution is 6.33. The minimum Gasteiger partial charge on any atom is -0.383 e. The number of carbonyl (C=O) groups is 1. The topological polar surface area (TPSA) is 80.9 Å². The number of hydrogen-bond acceptors (Lipinski definition) is 4. The smallest absolute Gasteiger partial charge is 0.253 e. The lowest BCUT2D eigenvalue weighted by Crippen LogP contribution is -2.23. The summed E-state index contributed by atoms with van der Waals surface area (Å²) >= 11 is 5.87. The molecule has 2 rings (SSSR count). The molecule has 3 N–H and O–H groups in total. The molecule has 2 heterocycles. The normalized spacial score (nSPS) is 10.1. The van der Waals surface area contributed by atoms with E-state index in [-0.39, 0.29) is 5.91 Å². The third-order valence-electron chi connectivity index (χ3n) is 2.38. The van der Waals surface area contributed by atoms with Gasteiger partial charge in [-0.2, -0.15) is 0 Å². The molecule has 92 valence electrons.